The Morgan fingerprint density at radius 1 is 0.950 bits per heavy atom. The fourth-order valence-electron chi connectivity index (χ4n) is 4.69. The summed E-state index contributed by atoms with van der Waals surface area (Å²) in [5.41, 5.74) is 3.61. The zero-order valence-corrected chi connectivity index (χ0v) is 25.3. The van der Waals surface area contributed by atoms with E-state index in [-0.39, 0.29) is 23.9 Å². The Morgan fingerprint density at radius 3 is 2.23 bits per heavy atom. The molecule has 1 rings (SSSR count). The van der Waals surface area contributed by atoms with Crippen LogP contribution in [0.25, 0.3) is 0 Å². The van der Waals surface area contributed by atoms with Crippen molar-refractivity contribution < 1.29 is 19.2 Å². The number of hydrogen-bond acceptors (Lipinski definition) is 7. The molecule has 0 aromatic heterocycles. The average Bonchev–Trinajstić information content (AvgIpc) is 3.78. The number of nitrogens with one attached hydrogen (secondary N) is 5. The van der Waals surface area contributed by atoms with Gasteiger partial charge in [-0.2, -0.15) is 0 Å². The minimum atomic E-state index is -0.0915. The number of carbonyl (C=O) groups is 4. The first kappa shape index (κ1) is 35.1. The van der Waals surface area contributed by atoms with Crippen LogP contribution in [0.3, 0.4) is 0 Å². The molecule has 1 aliphatic carbocycles. The van der Waals surface area contributed by atoms with E-state index in [0.29, 0.717) is 25.8 Å². The second kappa shape index (κ2) is 21.9. The lowest BCUT2D eigenvalue weighted by Gasteiger charge is -2.26. The van der Waals surface area contributed by atoms with Gasteiger partial charge in [-0.05, 0) is 83.9 Å². The van der Waals surface area contributed by atoms with Crippen LogP contribution >= 0.6 is 0 Å². The summed E-state index contributed by atoms with van der Waals surface area (Å²) in [5.74, 6) is 0.117. The Hall–Kier alpha value is -2.88. The van der Waals surface area contributed by atoms with Crippen molar-refractivity contribution in [2.45, 2.75) is 103 Å². The van der Waals surface area contributed by atoms with E-state index >= 15 is 0 Å². The Labute approximate surface area is 241 Å². The van der Waals surface area contributed by atoms with Crippen molar-refractivity contribution in [2.24, 2.45) is 0 Å². The van der Waals surface area contributed by atoms with Crippen molar-refractivity contribution in [3.05, 3.63) is 23.0 Å². The van der Waals surface area contributed by atoms with E-state index in [4.69, 9.17) is 0 Å². The number of carbonyl (C=O) groups excluding carboxylic acids is 4. The molecule has 3 amide bonds. The molecule has 0 saturated heterocycles. The van der Waals surface area contributed by atoms with Crippen LogP contribution < -0.4 is 26.6 Å². The number of rotatable bonds is 25. The monoisotopic (exact) mass is 562 g/mol. The van der Waals surface area contributed by atoms with Gasteiger partial charge in [0, 0.05) is 63.4 Å². The Kier molecular flexibility index (Phi) is 19.2. The highest BCUT2D eigenvalue weighted by molar-refractivity contribution is 5.75. The van der Waals surface area contributed by atoms with E-state index in [1.807, 2.05) is 6.92 Å². The van der Waals surface area contributed by atoms with Crippen molar-refractivity contribution >= 4 is 24.5 Å². The predicted molar refractivity (Wildman–Crippen MR) is 160 cm³/mol. The van der Waals surface area contributed by atoms with Gasteiger partial charge in [0.2, 0.25) is 18.2 Å². The van der Waals surface area contributed by atoms with E-state index in [0.717, 1.165) is 102 Å². The number of aldehydes is 1. The summed E-state index contributed by atoms with van der Waals surface area (Å²) in [4.78, 5) is 48.1. The molecule has 0 radical (unpaired) electrons. The molecule has 1 aliphatic rings. The molecule has 10 nitrogen and oxygen atoms in total. The minimum absolute atomic E-state index is 0.0419. The summed E-state index contributed by atoms with van der Waals surface area (Å²) < 4.78 is 0. The molecule has 2 unspecified atom stereocenters. The molecule has 5 N–H and O–H groups in total. The third kappa shape index (κ3) is 16.3. The van der Waals surface area contributed by atoms with Gasteiger partial charge in [-0.1, -0.05) is 13.0 Å². The van der Waals surface area contributed by atoms with Gasteiger partial charge in [0.25, 0.3) is 0 Å². The molecule has 2 atom stereocenters. The van der Waals surface area contributed by atoms with E-state index in [1.54, 1.807) is 7.05 Å². The first-order valence-electron chi connectivity index (χ1n) is 15.1. The maximum atomic E-state index is 11.9. The number of allylic oxidation sites excluding steroid dienone is 3. The van der Waals surface area contributed by atoms with E-state index in [1.165, 1.54) is 5.57 Å². The summed E-state index contributed by atoms with van der Waals surface area (Å²) in [7, 11) is 1.65. The quantitative estimate of drug-likeness (QED) is 0.108. The predicted octanol–water partition coefficient (Wildman–Crippen LogP) is 2.51. The summed E-state index contributed by atoms with van der Waals surface area (Å²) in [6.07, 6.45) is 12.3. The van der Waals surface area contributed by atoms with Crippen molar-refractivity contribution in [1.29, 1.82) is 0 Å². The normalized spacial score (nSPS) is 14.2. The third-order valence-corrected chi connectivity index (χ3v) is 6.96. The smallest absolute Gasteiger partial charge is 0.220 e. The average molecular weight is 563 g/mol. The lowest BCUT2D eigenvalue weighted by molar-refractivity contribution is -0.121. The second-order valence-corrected chi connectivity index (χ2v) is 10.4. The highest BCUT2D eigenvalue weighted by atomic mass is 16.2. The van der Waals surface area contributed by atoms with Gasteiger partial charge >= 0.3 is 0 Å². The fourth-order valence-corrected chi connectivity index (χ4v) is 4.69. The van der Waals surface area contributed by atoms with E-state index in [9.17, 15) is 19.2 Å². The van der Waals surface area contributed by atoms with Gasteiger partial charge in [-0.15, -0.1) is 0 Å². The van der Waals surface area contributed by atoms with Crippen molar-refractivity contribution in [3.63, 3.8) is 0 Å². The SMILES string of the molecule is CC/C=C(\CCC(NC=O)C(NC(C)CCC=O)=C1CC1)NCCN(CCCC(=O)NC)CCCC(=O)NCC. The molecule has 0 aliphatic heterocycles. The van der Waals surface area contributed by atoms with Gasteiger partial charge in [0.05, 0.1) is 6.04 Å². The highest BCUT2D eigenvalue weighted by Gasteiger charge is 2.25. The van der Waals surface area contributed by atoms with Crippen LogP contribution in [0.2, 0.25) is 0 Å². The zero-order valence-electron chi connectivity index (χ0n) is 25.3. The zero-order chi connectivity index (χ0) is 29.6. The number of nitrogens with zero attached hydrogens (tertiary/aromatic N) is 1. The molecular weight excluding hydrogens is 508 g/mol. The summed E-state index contributed by atoms with van der Waals surface area (Å²) in [6, 6.07) is 0.0710. The van der Waals surface area contributed by atoms with Gasteiger partial charge in [-0.3, -0.25) is 14.4 Å². The fraction of sp³-hybridized carbons (Fsp3) is 0.733. The van der Waals surface area contributed by atoms with E-state index in [2.05, 4.69) is 51.4 Å². The maximum absolute atomic E-state index is 11.9. The summed E-state index contributed by atoms with van der Waals surface area (Å²) >= 11 is 0. The Bertz CT molecular complexity index is 823. The molecule has 0 aromatic carbocycles. The van der Waals surface area contributed by atoms with Gasteiger partial charge in [0.15, 0.2) is 0 Å². The third-order valence-electron chi connectivity index (χ3n) is 6.96. The molecule has 40 heavy (non-hydrogen) atoms. The van der Waals surface area contributed by atoms with E-state index < -0.39 is 0 Å². The summed E-state index contributed by atoms with van der Waals surface area (Å²) in [5, 5.41) is 15.7. The summed E-state index contributed by atoms with van der Waals surface area (Å²) in [6.45, 7) is 9.92. The lowest BCUT2D eigenvalue weighted by atomic mass is 10.0. The molecular formula is C30H54N6O4. The van der Waals surface area contributed by atoms with Crippen LogP contribution in [0.1, 0.15) is 91.4 Å². The minimum Gasteiger partial charge on any atom is -0.387 e. The number of amides is 3. The largest absolute Gasteiger partial charge is 0.387 e. The molecule has 228 valence electrons. The van der Waals surface area contributed by atoms with Crippen LogP contribution in [-0.4, -0.2) is 81.3 Å². The van der Waals surface area contributed by atoms with Crippen LogP contribution in [0.15, 0.2) is 23.0 Å². The van der Waals surface area contributed by atoms with Crippen LogP contribution in [0.4, 0.5) is 0 Å². The van der Waals surface area contributed by atoms with Crippen molar-refractivity contribution in [2.75, 3.05) is 39.8 Å². The topological polar surface area (TPSA) is 132 Å². The van der Waals surface area contributed by atoms with Gasteiger partial charge in [-0.25, -0.2) is 0 Å². The maximum Gasteiger partial charge on any atom is 0.220 e. The molecule has 0 bridgehead atoms. The molecule has 10 heteroatoms. The lowest BCUT2D eigenvalue weighted by Crippen LogP contribution is -2.40. The van der Waals surface area contributed by atoms with Crippen LogP contribution in [0, 0.1) is 0 Å². The molecule has 0 spiro atoms. The first-order chi connectivity index (χ1) is 19.4. The Morgan fingerprint density at radius 2 is 1.65 bits per heavy atom. The van der Waals surface area contributed by atoms with Crippen molar-refractivity contribution in [3.8, 4) is 0 Å². The molecule has 0 aromatic rings. The van der Waals surface area contributed by atoms with Crippen LogP contribution in [0.5, 0.6) is 0 Å². The number of hydrogen-bond donors (Lipinski definition) is 5. The molecule has 0 heterocycles. The van der Waals surface area contributed by atoms with Gasteiger partial charge in [0.1, 0.15) is 6.29 Å². The van der Waals surface area contributed by atoms with Crippen LogP contribution in [-0.2, 0) is 19.2 Å². The first-order valence-corrected chi connectivity index (χ1v) is 15.1. The second-order valence-electron chi connectivity index (χ2n) is 10.4. The van der Waals surface area contributed by atoms with Crippen molar-refractivity contribution in [1.82, 2.24) is 31.5 Å². The standard InChI is InChI=1S/C30H54N6O4/c1-5-10-26(16-17-27(34-23-38)30(25-14-15-25)35-24(3)11-9-22-37)33-18-21-36(19-7-12-28(39)31-4)20-8-13-29(40)32-6-2/h10,22-24,27,33,35H,5-9,11-21H2,1-4H3,(H,31,39)(H,32,40)(H,34,38)/b26-10+. The Balaban J connectivity index is 2.69. The molecule has 1 saturated carbocycles. The highest BCUT2D eigenvalue weighted by Crippen LogP contribution is 2.33. The van der Waals surface area contributed by atoms with Gasteiger partial charge < -0.3 is 36.3 Å². The molecule has 1 fully saturated rings.